The maximum atomic E-state index is 14.2. The lowest BCUT2D eigenvalue weighted by atomic mass is 10.2. The normalized spacial score (nSPS) is 11.6. The number of thiazole rings is 1. The Labute approximate surface area is 187 Å². The van der Waals surface area contributed by atoms with Crippen molar-refractivity contribution in [1.29, 1.82) is 0 Å². The molecule has 0 aliphatic rings. The fraction of sp³-hybridized carbons (Fsp3) is 0.136. The van der Waals surface area contributed by atoms with Crippen LogP contribution in [0, 0.1) is 11.6 Å². The van der Waals surface area contributed by atoms with E-state index in [0.29, 0.717) is 5.69 Å². The van der Waals surface area contributed by atoms with E-state index in [2.05, 4.69) is 9.97 Å². The number of carbonyl (C=O) groups is 1. The van der Waals surface area contributed by atoms with Crippen molar-refractivity contribution in [1.82, 2.24) is 9.97 Å². The number of anilines is 1. The van der Waals surface area contributed by atoms with Crippen LogP contribution < -0.4 is 4.90 Å². The highest BCUT2D eigenvalue weighted by Gasteiger charge is 2.24. The molecule has 2 heterocycles. The van der Waals surface area contributed by atoms with Gasteiger partial charge in [-0.1, -0.05) is 24.3 Å². The zero-order valence-electron chi connectivity index (χ0n) is 16.8. The van der Waals surface area contributed by atoms with E-state index in [0.717, 1.165) is 23.5 Å². The maximum absolute atomic E-state index is 14.2. The standard InChI is InChI=1S/C22H17F2N3O3S2/c1-2-32(29,30)17-8-6-14(7-9-17)21(28)27(13-16-5-3-4-10-25-16)22-26-20-18(24)11-15(23)12-19(20)31-22/h3-12H,2,13H2,1H3. The first kappa shape index (κ1) is 22.0. The number of rotatable bonds is 6. The van der Waals surface area contributed by atoms with Gasteiger partial charge in [0.2, 0.25) is 0 Å². The van der Waals surface area contributed by atoms with Gasteiger partial charge in [-0.15, -0.1) is 0 Å². The Bertz CT molecular complexity index is 1390. The van der Waals surface area contributed by atoms with Crippen LogP contribution in [0.5, 0.6) is 0 Å². The van der Waals surface area contributed by atoms with Crippen LogP contribution in [0.15, 0.2) is 65.7 Å². The smallest absolute Gasteiger partial charge is 0.260 e. The van der Waals surface area contributed by atoms with Crippen LogP contribution in [0.25, 0.3) is 10.2 Å². The number of aromatic nitrogens is 2. The summed E-state index contributed by atoms with van der Waals surface area (Å²) >= 11 is 0.977. The first-order valence-corrected chi connectivity index (χ1v) is 12.1. The molecular weight excluding hydrogens is 456 g/mol. The summed E-state index contributed by atoms with van der Waals surface area (Å²) in [6, 6.07) is 12.7. The number of benzene rings is 2. The van der Waals surface area contributed by atoms with E-state index in [1.165, 1.54) is 36.1 Å². The van der Waals surface area contributed by atoms with Crippen LogP contribution in [0.4, 0.5) is 13.9 Å². The molecule has 164 valence electrons. The van der Waals surface area contributed by atoms with Crippen molar-refractivity contribution >= 4 is 42.4 Å². The van der Waals surface area contributed by atoms with Crippen molar-refractivity contribution in [3.05, 3.63) is 83.7 Å². The van der Waals surface area contributed by atoms with Gasteiger partial charge in [-0.3, -0.25) is 14.7 Å². The molecule has 0 aliphatic heterocycles. The molecule has 0 spiro atoms. The zero-order valence-corrected chi connectivity index (χ0v) is 18.5. The summed E-state index contributed by atoms with van der Waals surface area (Å²) in [5.74, 6) is -2.08. The fourth-order valence-corrected chi connectivity index (χ4v) is 4.95. The first-order chi connectivity index (χ1) is 15.3. The number of fused-ring (bicyclic) bond motifs is 1. The zero-order chi connectivity index (χ0) is 22.9. The Morgan fingerprint density at radius 2 is 1.84 bits per heavy atom. The lowest BCUT2D eigenvalue weighted by Gasteiger charge is -2.19. The number of halogens is 2. The number of carbonyl (C=O) groups excluding carboxylic acids is 1. The van der Waals surface area contributed by atoms with Gasteiger partial charge in [-0.2, -0.15) is 0 Å². The highest BCUT2D eigenvalue weighted by molar-refractivity contribution is 7.91. The van der Waals surface area contributed by atoms with E-state index < -0.39 is 27.4 Å². The van der Waals surface area contributed by atoms with Crippen molar-refractivity contribution in [2.45, 2.75) is 18.4 Å². The molecule has 1 amide bonds. The molecule has 0 radical (unpaired) electrons. The number of amides is 1. The highest BCUT2D eigenvalue weighted by atomic mass is 32.2. The molecule has 0 N–H and O–H groups in total. The summed E-state index contributed by atoms with van der Waals surface area (Å²) < 4.78 is 52.2. The second-order valence-electron chi connectivity index (χ2n) is 6.87. The van der Waals surface area contributed by atoms with E-state index in [4.69, 9.17) is 0 Å². The van der Waals surface area contributed by atoms with E-state index in [1.807, 2.05) is 0 Å². The van der Waals surface area contributed by atoms with Crippen LogP contribution in [0.1, 0.15) is 23.0 Å². The Kier molecular flexibility index (Phi) is 5.98. The fourth-order valence-electron chi connectivity index (χ4n) is 3.07. The quantitative estimate of drug-likeness (QED) is 0.409. The molecule has 4 rings (SSSR count). The minimum atomic E-state index is -3.41. The summed E-state index contributed by atoms with van der Waals surface area (Å²) in [7, 11) is -3.41. The molecule has 4 aromatic rings. The molecular formula is C22H17F2N3O3S2. The van der Waals surface area contributed by atoms with Gasteiger partial charge < -0.3 is 0 Å². The largest absolute Gasteiger partial charge is 0.278 e. The average molecular weight is 474 g/mol. The second kappa shape index (κ2) is 8.71. The van der Waals surface area contributed by atoms with Gasteiger partial charge in [0.1, 0.15) is 11.3 Å². The Morgan fingerprint density at radius 3 is 2.50 bits per heavy atom. The predicted octanol–water partition coefficient (Wildman–Crippen LogP) is 4.61. The summed E-state index contributed by atoms with van der Waals surface area (Å²) in [6.45, 7) is 1.58. The summed E-state index contributed by atoms with van der Waals surface area (Å²) in [5, 5.41) is 0.172. The molecule has 2 aromatic heterocycles. The summed E-state index contributed by atoms with van der Waals surface area (Å²) in [6.07, 6.45) is 1.58. The third-order valence-electron chi connectivity index (χ3n) is 4.76. The lowest BCUT2D eigenvalue weighted by molar-refractivity contribution is 0.0984. The first-order valence-electron chi connectivity index (χ1n) is 9.58. The molecule has 2 aromatic carbocycles. The molecule has 6 nitrogen and oxygen atoms in total. The molecule has 0 aliphatic carbocycles. The van der Waals surface area contributed by atoms with E-state index in [9.17, 15) is 22.0 Å². The van der Waals surface area contributed by atoms with Crippen molar-refractivity contribution in [2.75, 3.05) is 10.7 Å². The molecule has 10 heteroatoms. The molecule has 0 atom stereocenters. The topological polar surface area (TPSA) is 80.2 Å². The van der Waals surface area contributed by atoms with Crippen LogP contribution in [-0.4, -0.2) is 30.0 Å². The van der Waals surface area contributed by atoms with E-state index in [1.54, 1.807) is 24.4 Å². The van der Waals surface area contributed by atoms with Crippen LogP contribution in [-0.2, 0) is 16.4 Å². The molecule has 0 fully saturated rings. The van der Waals surface area contributed by atoms with Gasteiger partial charge in [0.25, 0.3) is 5.91 Å². The molecule has 0 saturated heterocycles. The van der Waals surface area contributed by atoms with Gasteiger partial charge in [0.15, 0.2) is 20.8 Å². The van der Waals surface area contributed by atoms with Gasteiger partial charge >= 0.3 is 0 Å². The third-order valence-corrected chi connectivity index (χ3v) is 7.54. The number of nitrogens with zero attached hydrogens (tertiary/aromatic N) is 3. The SMILES string of the molecule is CCS(=O)(=O)c1ccc(C(=O)N(Cc2ccccn2)c2nc3c(F)cc(F)cc3s2)cc1. The second-order valence-corrected chi connectivity index (χ2v) is 10.2. The monoisotopic (exact) mass is 473 g/mol. The Hall–Kier alpha value is -3.24. The van der Waals surface area contributed by atoms with Crippen molar-refractivity contribution < 1.29 is 22.0 Å². The van der Waals surface area contributed by atoms with Crippen LogP contribution in [0.3, 0.4) is 0 Å². The molecule has 0 unspecified atom stereocenters. The van der Waals surface area contributed by atoms with Gasteiger partial charge in [-0.05, 0) is 42.5 Å². The Balaban J connectivity index is 1.76. The van der Waals surface area contributed by atoms with Gasteiger partial charge in [0, 0.05) is 17.8 Å². The van der Waals surface area contributed by atoms with E-state index >= 15 is 0 Å². The highest BCUT2D eigenvalue weighted by Crippen LogP contribution is 2.32. The number of pyridine rings is 1. The predicted molar refractivity (Wildman–Crippen MR) is 118 cm³/mol. The Morgan fingerprint density at radius 1 is 1.09 bits per heavy atom. The summed E-state index contributed by atoms with van der Waals surface area (Å²) in [5.41, 5.74) is 0.758. The van der Waals surface area contributed by atoms with Crippen LogP contribution >= 0.6 is 11.3 Å². The minimum Gasteiger partial charge on any atom is -0.278 e. The average Bonchev–Trinajstić information content (AvgIpc) is 3.22. The number of hydrogen-bond donors (Lipinski definition) is 0. The van der Waals surface area contributed by atoms with Crippen LogP contribution in [0.2, 0.25) is 0 Å². The van der Waals surface area contributed by atoms with Crippen molar-refractivity contribution in [3.63, 3.8) is 0 Å². The van der Waals surface area contributed by atoms with Crippen molar-refractivity contribution in [2.24, 2.45) is 0 Å². The molecule has 32 heavy (non-hydrogen) atoms. The maximum Gasteiger partial charge on any atom is 0.260 e. The molecule has 0 bridgehead atoms. The lowest BCUT2D eigenvalue weighted by Crippen LogP contribution is -2.30. The third kappa shape index (κ3) is 4.37. The van der Waals surface area contributed by atoms with Gasteiger partial charge in [0.05, 0.1) is 27.6 Å². The van der Waals surface area contributed by atoms with E-state index in [-0.39, 0.29) is 38.1 Å². The number of hydrogen-bond acceptors (Lipinski definition) is 6. The number of sulfone groups is 1. The van der Waals surface area contributed by atoms with Gasteiger partial charge in [-0.25, -0.2) is 22.2 Å². The molecule has 0 saturated carbocycles. The minimum absolute atomic E-state index is 0.0328. The van der Waals surface area contributed by atoms with Crippen molar-refractivity contribution in [3.8, 4) is 0 Å². The summed E-state index contributed by atoms with van der Waals surface area (Å²) in [4.78, 5) is 23.2.